The number of benzene rings is 1. The third-order valence-electron chi connectivity index (χ3n) is 4.64. The molecule has 10 heteroatoms. The molecule has 0 spiro atoms. The number of nitrogens with one attached hydrogen (secondary N) is 1. The SMILES string of the molecule is Cc1nc(-c2ccc(C(F)(F)F)cc2)sc1C(=O)Nc1cnc2c(cnn2C(C)C)c1. The number of alkyl halides is 3. The van der Waals surface area contributed by atoms with Crippen molar-refractivity contribution >= 4 is 34.0 Å². The Balaban J connectivity index is 1.56. The van der Waals surface area contributed by atoms with Gasteiger partial charge in [-0.15, -0.1) is 11.3 Å². The molecule has 0 aliphatic rings. The molecule has 4 aromatic rings. The largest absolute Gasteiger partial charge is 0.416 e. The number of hydrogen-bond acceptors (Lipinski definition) is 5. The Morgan fingerprint density at radius 1 is 1.16 bits per heavy atom. The van der Waals surface area contributed by atoms with Gasteiger partial charge in [0.15, 0.2) is 5.65 Å². The maximum atomic E-state index is 12.8. The lowest BCUT2D eigenvalue weighted by Crippen LogP contribution is -2.12. The molecule has 0 unspecified atom stereocenters. The van der Waals surface area contributed by atoms with E-state index >= 15 is 0 Å². The summed E-state index contributed by atoms with van der Waals surface area (Å²) in [5.41, 5.74) is 1.53. The molecule has 31 heavy (non-hydrogen) atoms. The number of rotatable bonds is 4. The molecule has 0 atom stereocenters. The lowest BCUT2D eigenvalue weighted by Gasteiger charge is -2.07. The summed E-state index contributed by atoms with van der Waals surface area (Å²) in [4.78, 5) is 21.9. The lowest BCUT2D eigenvalue weighted by molar-refractivity contribution is -0.137. The summed E-state index contributed by atoms with van der Waals surface area (Å²) in [6.07, 6.45) is -1.14. The molecule has 1 N–H and O–H groups in total. The Kier molecular flexibility index (Phi) is 5.26. The lowest BCUT2D eigenvalue weighted by atomic mass is 10.1. The van der Waals surface area contributed by atoms with Gasteiger partial charge in [-0.25, -0.2) is 14.6 Å². The van der Waals surface area contributed by atoms with E-state index in [1.165, 1.54) is 12.1 Å². The molecular formula is C21H18F3N5OS. The van der Waals surface area contributed by atoms with Gasteiger partial charge in [0.1, 0.15) is 9.88 Å². The quantitative estimate of drug-likeness (QED) is 0.436. The minimum absolute atomic E-state index is 0.161. The average molecular weight is 445 g/mol. The molecule has 0 fully saturated rings. The van der Waals surface area contributed by atoms with Gasteiger partial charge >= 0.3 is 6.18 Å². The zero-order chi connectivity index (χ0) is 22.3. The first-order chi connectivity index (χ1) is 14.6. The van der Waals surface area contributed by atoms with E-state index in [4.69, 9.17) is 0 Å². The summed E-state index contributed by atoms with van der Waals surface area (Å²) < 4.78 is 40.1. The first-order valence-corrected chi connectivity index (χ1v) is 10.2. The Hall–Kier alpha value is -3.27. The van der Waals surface area contributed by atoms with Gasteiger partial charge in [0, 0.05) is 17.0 Å². The molecule has 0 bridgehead atoms. The number of carbonyl (C=O) groups is 1. The summed E-state index contributed by atoms with van der Waals surface area (Å²) in [6.45, 7) is 5.70. The minimum Gasteiger partial charge on any atom is -0.320 e. The molecule has 0 aliphatic carbocycles. The van der Waals surface area contributed by atoms with Crippen molar-refractivity contribution in [3.8, 4) is 10.6 Å². The van der Waals surface area contributed by atoms with Crippen molar-refractivity contribution < 1.29 is 18.0 Å². The molecule has 6 nitrogen and oxygen atoms in total. The number of carbonyl (C=O) groups excluding carboxylic acids is 1. The maximum Gasteiger partial charge on any atom is 0.416 e. The van der Waals surface area contributed by atoms with Crippen molar-refractivity contribution in [2.45, 2.75) is 33.0 Å². The van der Waals surface area contributed by atoms with E-state index in [1.54, 1.807) is 30.1 Å². The molecule has 4 rings (SSSR count). The van der Waals surface area contributed by atoms with Crippen molar-refractivity contribution in [3.05, 3.63) is 58.9 Å². The highest BCUT2D eigenvalue weighted by Crippen LogP contribution is 2.33. The van der Waals surface area contributed by atoms with Crippen LogP contribution in [0.2, 0.25) is 0 Å². The Bertz CT molecular complexity index is 1260. The predicted octanol–water partition coefficient (Wildman–Crippen LogP) is 5.72. The van der Waals surface area contributed by atoms with E-state index in [9.17, 15) is 18.0 Å². The molecule has 1 amide bonds. The fourth-order valence-corrected chi connectivity index (χ4v) is 4.07. The smallest absolute Gasteiger partial charge is 0.320 e. The van der Waals surface area contributed by atoms with Crippen LogP contribution in [0.1, 0.15) is 40.8 Å². The third kappa shape index (κ3) is 4.15. The van der Waals surface area contributed by atoms with Crippen LogP contribution in [0, 0.1) is 6.92 Å². The fourth-order valence-electron chi connectivity index (χ4n) is 3.11. The van der Waals surface area contributed by atoms with E-state index in [2.05, 4.69) is 20.4 Å². The van der Waals surface area contributed by atoms with Crippen LogP contribution in [0.4, 0.5) is 18.9 Å². The number of pyridine rings is 1. The van der Waals surface area contributed by atoms with Gasteiger partial charge in [0.25, 0.3) is 5.91 Å². The van der Waals surface area contributed by atoms with Crippen molar-refractivity contribution in [2.24, 2.45) is 0 Å². The number of aromatic nitrogens is 4. The van der Waals surface area contributed by atoms with E-state index < -0.39 is 11.7 Å². The number of fused-ring (bicyclic) bond motifs is 1. The Morgan fingerprint density at radius 3 is 2.52 bits per heavy atom. The van der Waals surface area contributed by atoms with Crippen LogP contribution in [-0.4, -0.2) is 25.7 Å². The Labute approximate surface area is 179 Å². The van der Waals surface area contributed by atoms with Gasteiger partial charge in [0.05, 0.1) is 29.3 Å². The summed E-state index contributed by atoms with van der Waals surface area (Å²) in [7, 11) is 0. The number of aryl methyl sites for hydroxylation is 1. The number of halogens is 3. The first kappa shape index (κ1) is 21.0. The summed E-state index contributed by atoms with van der Waals surface area (Å²) in [6, 6.07) is 6.67. The molecule has 3 aromatic heterocycles. The molecular weight excluding hydrogens is 427 g/mol. The standard InChI is InChI=1S/C21H18F3N5OS/c1-11(2)29-18-14(9-26-29)8-16(10-25-18)28-19(30)17-12(3)27-20(31-17)13-4-6-15(7-5-13)21(22,23)24/h4-11H,1-3H3,(H,28,30). The van der Waals surface area contributed by atoms with Crippen LogP contribution in [0.15, 0.2) is 42.7 Å². The number of nitrogens with zero attached hydrogens (tertiary/aromatic N) is 4. The van der Waals surface area contributed by atoms with E-state index in [0.717, 1.165) is 34.5 Å². The van der Waals surface area contributed by atoms with E-state index in [1.807, 2.05) is 13.8 Å². The molecule has 0 saturated carbocycles. The van der Waals surface area contributed by atoms with Crippen molar-refractivity contribution in [3.63, 3.8) is 0 Å². The van der Waals surface area contributed by atoms with Crippen molar-refractivity contribution in [2.75, 3.05) is 5.32 Å². The fraction of sp³-hybridized carbons (Fsp3) is 0.238. The summed E-state index contributed by atoms with van der Waals surface area (Å²) >= 11 is 1.12. The van der Waals surface area contributed by atoms with Gasteiger partial charge in [-0.1, -0.05) is 12.1 Å². The second kappa shape index (κ2) is 7.77. The van der Waals surface area contributed by atoms with Crippen LogP contribution >= 0.6 is 11.3 Å². The number of anilines is 1. The van der Waals surface area contributed by atoms with E-state index in [0.29, 0.717) is 26.8 Å². The maximum absolute atomic E-state index is 12.8. The molecule has 160 valence electrons. The van der Waals surface area contributed by atoms with Gasteiger partial charge in [0.2, 0.25) is 0 Å². The second-order valence-electron chi connectivity index (χ2n) is 7.28. The van der Waals surface area contributed by atoms with Gasteiger partial charge in [-0.05, 0) is 39.0 Å². The first-order valence-electron chi connectivity index (χ1n) is 9.43. The molecule has 3 heterocycles. The van der Waals surface area contributed by atoms with Crippen LogP contribution in [0.3, 0.4) is 0 Å². The van der Waals surface area contributed by atoms with Crippen LogP contribution in [-0.2, 0) is 6.18 Å². The zero-order valence-corrected chi connectivity index (χ0v) is 17.7. The topological polar surface area (TPSA) is 72.7 Å². The molecule has 0 aliphatic heterocycles. The zero-order valence-electron chi connectivity index (χ0n) is 16.9. The van der Waals surface area contributed by atoms with Crippen LogP contribution in [0.5, 0.6) is 0 Å². The number of hydrogen-bond donors (Lipinski definition) is 1. The highest BCUT2D eigenvalue weighted by atomic mass is 32.1. The average Bonchev–Trinajstić information content (AvgIpc) is 3.30. The second-order valence-corrected chi connectivity index (χ2v) is 8.28. The monoisotopic (exact) mass is 445 g/mol. The highest BCUT2D eigenvalue weighted by molar-refractivity contribution is 7.17. The summed E-state index contributed by atoms with van der Waals surface area (Å²) in [5.74, 6) is -0.356. The Morgan fingerprint density at radius 2 is 1.87 bits per heavy atom. The van der Waals surface area contributed by atoms with Crippen LogP contribution in [0.25, 0.3) is 21.6 Å². The minimum atomic E-state index is -4.40. The number of thiazole rings is 1. The van der Waals surface area contributed by atoms with Crippen molar-refractivity contribution in [1.29, 1.82) is 0 Å². The normalized spacial score (nSPS) is 12.0. The highest BCUT2D eigenvalue weighted by Gasteiger charge is 2.30. The van der Waals surface area contributed by atoms with Crippen molar-refractivity contribution in [1.82, 2.24) is 19.7 Å². The summed E-state index contributed by atoms with van der Waals surface area (Å²) in [5, 5.41) is 8.39. The van der Waals surface area contributed by atoms with E-state index in [-0.39, 0.29) is 11.9 Å². The number of amides is 1. The third-order valence-corrected chi connectivity index (χ3v) is 5.85. The molecule has 1 aromatic carbocycles. The van der Waals surface area contributed by atoms with Gasteiger partial charge in [-0.3, -0.25) is 4.79 Å². The van der Waals surface area contributed by atoms with Gasteiger partial charge < -0.3 is 5.32 Å². The molecule has 0 radical (unpaired) electrons. The van der Waals surface area contributed by atoms with Crippen LogP contribution < -0.4 is 5.32 Å². The van der Waals surface area contributed by atoms with Gasteiger partial charge in [-0.2, -0.15) is 18.3 Å². The molecule has 0 saturated heterocycles. The predicted molar refractivity (Wildman–Crippen MR) is 113 cm³/mol.